The van der Waals surface area contributed by atoms with E-state index < -0.39 is 36.0 Å². The quantitative estimate of drug-likeness (QED) is 0.152. The summed E-state index contributed by atoms with van der Waals surface area (Å²) < 4.78 is 0. The molecule has 0 saturated heterocycles. The van der Waals surface area contributed by atoms with E-state index in [4.69, 9.17) is 17.4 Å². The lowest BCUT2D eigenvalue weighted by atomic mass is 10.1. The fourth-order valence-electron chi connectivity index (χ4n) is 3.08. The van der Waals surface area contributed by atoms with Crippen LogP contribution in [0.3, 0.4) is 0 Å². The van der Waals surface area contributed by atoms with Crippen LogP contribution in [0, 0.1) is 0 Å². The van der Waals surface area contributed by atoms with Gasteiger partial charge >= 0.3 is 5.97 Å². The van der Waals surface area contributed by atoms with Gasteiger partial charge in [-0.15, -0.1) is 11.3 Å². The molecule has 0 unspecified atom stereocenters. The summed E-state index contributed by atoms with van der Waals surface area (Å²) in [6, 6.07) is 11.8. The highest BCUT2D eigenvalue weighted by Crippen LogP contribution is 2.22. The van der Waals surface area contributed by atoms with Crippen molar-refractivity contribution in [3.8, 4) is 5.75 Å². The van der Waals surface area contributed by atoms with Crippen LogP contribution in [0.2, 0.25) is 5.02 Å². The van der Waals surface area contributed by atoms with Crippen molar-refractivity contribution in [3.63, 3.8) is 0 Å². The standard InChI is InChI=1S/C23H20ClN3O6S/c24-17-10-14(21(30)26-12-13-3-1-4-15(28)9-13)6-7-16(17)22(31)27(25)18(23(32)33)11-19(29)20-5-2-8-34-20/h1-10,18,28H,11-12,25H2,(H,26,30)(H,32,33)/t18-/m0/s1. The maximum atomic E-state index is 12.8. The van der Waals surface area contributed by atoms with Gasteiger partial charge in [-0.25, -0.2) is 10.6 Å². The Hall–Kier alpha value is -3.73. The maximum absolute atomic E-state index is 12.8. The van der Waals surface area contributed by atoms with Crippen molar-refractivity contribution in [3.05, 3.63) is 86.6 Å². The summed E-state index contributed by atoms with van der Waals surface area (Å²) in [4.78, 5) is 49.6. The molecule has 5 N–H and O–H groups in total. The topological polar surface area (TPSA) is 150 Å². The molecule has 11 heteroatoms. The molecule has 176 valence electrons. The molecule has 0 aliphatic heterocycles. The number of hydrogen-bond acceptors (Lipinski definition) is 7. The number of hydrogen-bond donors (Lipinski definition) is 4. The number of nitrogens with zero attached hydrogens (tertiary/aromatic N) is 1. The number of ketones is 1. The first-order valence-electron chi connectivity index (χ1n) is 9.90. The van der Waals surface area contributed by atoms with Crippen LogP contribution in [-0.4, -0.2) is 44.8 Å². The Bertz CT molecular complexity index is 1230. The van der Waals surface area contributed by atoms with Gasteiger partial charge in [-0.05, 0) is 47.3 Å². The molecule has 0 aliphatic rings. The minimum atomic E-state index is -1.61. The molecular formula is C23H20ClN3O6S. The zero-order valence-electron chi connectivity index (χ0n) is 17.6. The van der Waals surface area contributed by atoms with Gasteiger partial charge in [0.2, 0.25) is 0 Å². The Labute approximate surface area is 203 Å². The molecule has 9 nitrogen and oxygen atoms in total. The van der Waals surface area contributed by atoms with Crippen LogP contribution in [0.1, 0.15) is 42.4 Å². The first-order valence-corrected chi connectivity index (χ1v) is 11.2. The number of halogens is 1. The van der Waals surface area contributed by atoms with Gasteiger partial charge in [0.1, 0.15) is 5.75 Å². The second-order valence-electron chi connectivity index (χ2n) is 7.22. The van der Waals surface area contributed by atoms with Gasteiger partial charge in [0, 0.05) is 18.5 Å². The number of carboxylic acid groups (broad SMARTS) is 1. The smallest absolute Gasteiger partial charge is 0.328 e. The number of Topliss-reactive ketones (excluding diaryl/α,β-unsaturated/α-hetero) is 1. The summed E-state index contributed by atoms with van der Waals surface area (Å²) >= 11 is 7.35. The third-order valence-corrected chi connectivity index (χ3v) is 6.08. The molecule has 2 aromatic carbocycles. The highest BCUT2D eigenvalue weighted by atomic mass is 35.5. The summed E-state index contributed by atoms with van der Waals surface area (Å²) in [5, 5.41) is 23.7. The summed E-state index contributed by atoms with van der Waals surface area (Å²) in [5.74, 6) is 2.56. The number of thiophene rings is 1. The van der Waals surface area contributed by atoms with Crippen LogP contribution in [-0.2, 0) is 11.3 Å². The van der Waals surface area contributed by atoms with E-state index in [1.54, 1.807) is 29.6 Å². The van der Waals surface area contributed by atoms with Crippen molar-refractivity contribution in [1.29, 1.82) is 0 Å². The number of aliphatic carboxylic acids is 1. The summed E-state index contributed by atoms with van der Waals surface area (Å²) in [5.41, 5.74) is 0.721. The molecule has 0 spiro atoms. The molecule has 1 aromatic heterocycles. The third-order valence-electron chi connectivity index (χ3n) is 4.86. The molecule has 1 heterocycles. The second kappa shape index (κ2) is 10.9. The molecule has 3 rings (SSSR count). The first kappa shape index (κ1) is 24.9. The Kier molecular flexibility index (Phi) is 8.00. The van der Waals surface area contributed by atoms with E-state index in [0.29, 0.717) is 15.4 Å². The number of carbonyl (C=O) groups is 4. The van der Waals surface area contributed by atoms with Gasteiger partial charge in [0.25, 0.3) is 11.8 Å². The molecule has 0 fully saturated rings. The summed E-state index contributed by atoms with van der Waals surface area (Å²) in [7, 11) is 0. The molecule has 3 aromatic rings. The Morgan fingerprint density at radius 3 is 2.47 bits per heavy atom. The van der Waals surface area contributed by atoms with E-state index in [1.165, 1.54) is 30.3 Å². The van der Waals surface area contributed by atoms with Crippen LogP contribution in [0.25, 0.3) is 0 Å². The number of phenolic OH excluding ortho intramolecular Hbond substituents is 1. The zero-order chi connectivity index (χ0) is 24.8. The van der Waals surface area contributed by atoms with Crippen molar-refractivity contribution in [2.45, 2.75) is 19.0 Å². The molecule has 0 saturated carbocycles. The van der Waals surface area contributed by atoms with Gasteiger partial charge < -0.3 is 15.5 Å². The number of carbonyl (C=O) groups excluding carboxylic acids is 3. The van der Waals surface area contributed by atoms with Gasteiger partial charge in [0.15, 0.2) is 11.8 Å². The minimum absolute atomic E-state index is 0.0701. The predicted molar refractivity (Wildman–Crippen MR) is 126 cm³/mol. The SMILES string of the molecule is NN(C(=O)c1ccc(C(=O)NCc2cccc(O)c2)cc1Cl)[C@@H](CC(=O)c1cccs1)C(=O)O. The number of aromatic hydroxyl groups is 1. The van der Waals surface area contributed by atoms with Crippen LogP contribution < -0.4 is 11.2 Å². The lowest BCUT2D eigenvalue weighted by molar-refractivity contribution is -0.142. The lowest BCUT2D eigenvalue weighted by Gasteiger charge is -2.24. The van der Waals surface area contributed by atoms with Crippen LogP contribution in [0.4, 0.5) is 0 Å². The van der Waals surface area contributed by atoms with Crippen LogP contribution in [0.15, 0.2) is 60.0 Å². The van der Waals surface area contributed by atoms with E-state index in [2.05, 4.69) is 5.32 Å². The normalized spacial score (nSPS) is 11.5. The minimum Gasteiger partial charge on any atom is -0.508 e. The average molecular weight is 502 g/mol. The number of nitrogens with two attached hydrogens (primary N) is 1. The Morgan fingerprint density at radius 2 is 1.85 bits per heavy atom. The summed E-state index contributed by atoms with van der Waals surface area (Å²) in [6.07, 6.45) is -0.509. The number of amides is 2. The van der Waals surface area contributed by atoms with Gasteiger partial charge in [-0.1, -0.05) is 29.8 Å². The Balaban J connectivity index is 1.70. The molecule has 0 bridgehead atoms. The van der Waals surface area contributed by atoms with E-state index >= 15 is 0 Å². The number of phenols is 1. The third kappa shape index (κ3) is 5.98. The highest BCUT2D eigenvalue weighted by molar-refractivity contribution is 7.12. The largest absolute Gasteiger partial charge is 0.508 e. The number of carboxylic acids is 1. The van der Waals surface area contributed by atoms with E-state index in [9.17, 15) is 29.4 Å². The van der Waals surface area contributed by atoms with Crippen molar-refractivity contribution in [2.24, 2.45) is 5.84 Å². The number of rotatable bonds is 9. The average Bonchev–Trinajstić information content (AvgIpc) is 3.35. The lowest BCUT2D eigenvalue weighted by Crippen LogP contribution is -2.50. The fourth-order valence-corrected chi connectivity index (χ4v) is 4.02. The molecule has 0 aliphatic carbocycles. The first-order chi connectivity index (χ1) is 16.2. The van der Waals surface area contributed by atoms with Crippen molar-refractivity contribution in [1.82, 2.24) is 10.3 Å². The monoisotopic (exact) mass is 501 g/mol. The van der Waals surface area contributed by atoms with Crippen molar-refractivity contribution in [2.75, 3.05) is 0 Å². The molecule has 1 atom stereocenters. The van der Waals surface area contributed by atoms with Crippen molar-refractivity contribution < 1.29 is 29.4 Å². The van der Waals surface area contributed by atoms with Gasteiger partial charge in [-0.3, -0.25) is 19.4 Å². The van der Waals surface area contributed by atoms with E-state index in [-0.39, 0.29) is 28.4 Å². The van der Waals surface area contributed by atoms with Crippen molar-refractivity contribution >= 4 is 46.5 Å². The maximum Gasteiger partial charge on any atom is 0.328 e. The molecule has 0 radical (unpaired) electrons. The predicted octanol–water partition coefficient (Wildman–Crippen LogP) is 3.08. The second-order valence-corrected chi connectivity index (χ2v) is 8.57. The molecule has 34 heavy (non-hydrogen) atoms. The Morgan fingerprint density at radius 1 is 1.09 bits per heavy atom. The van der Waals surface area contributed by atoms with Crippen LogP contribution in [0.5, 0.6) is 5.75 Å². The zero-order valence-corrected chi connectivity index (χ0v) is 19.2. The highest BCUT2D eigenvalue weighted by Gasteiger charge is 2.32. The molecule has 2 amide bonds. The van der Waals surface area contributed by atoms with Gasteiger partial charge in [0.05, 0.1) is 15.5 Å². The molecular weight excluding hydrogens is 482 g/mol. The van der Waals surface area contributed by atoms with Gasteiger partial charge in [-0.2, -0.15) is 0 Å². The number of nitrogens with one attached hydrogen (secondary N) is 1. The summed E-state index contributed by atoms with van der Waals surface area (Å²) in [6.45, 7) is 0.153. The van der Waals surface area contributed by atoms with Crippen LogP contribution >= 0.6 is 22.9 Å². The number of hydrazine groups is 1. The number of benzene rings is 2. The van der Waals surface area contributed by atoms with E-state index in [0.717, 1.165) is 11.3 Å². The van der Waals surface area contributed by atoms with E-state index in [1.807, 2.05) is 0 Å². The fraction of sp³-hybridized carbons (Fsp3) is 0.130.